The quantitative estimate of drug-likeness (QED) is 0.657. The van der Waals surface area contributed by atoms with E-state index in [2.05, 4.69) is 13.8 Å². The van der Waals surface area contributed by atoms with Crippen LogP contribution in [0.5, 0.6) is 5.75 Å². The molecule has 0 aliphatic rings. The van der Waals surface area contributed by atoms with Gasteiger partial charge in [-0.2, -0.15) is 11.8 Å². The van der Waals surface area contributed by atoms with Gasteiger partial charge in [-0.1, -0.05) is 51.3 Å². The molecule has 0 saturated carbocycles. The number of aromatic hydroxyl groups is 1. The van der Waals surface area contributed by atoms with Crippen molar-refractivity contribution in [1.82, 2.24) is 0 Å². The average molecular weight is 266 g/mol. The molecule has 0 saturated heterocycles. The van der Waals surface area contributed by atoms with Gasteiger partial charge >= 0.3 is 0 Å². The first-order valence-corrected chi connectivity index (χ1v) is 8.12. The SMILES string of the molecule is Cc1cccc(CSCCCCCC(C)C)c1O. The lowest BCUT2D eigenvalue weighted by atomic mass is 10.1. The third-order valence-corrected chi connectivity index (χ3v) is 4.24. The summed E-state index contributed by atoms with van der Waals surface area (Å²) in [4.78, 5) is 0. The van der Waals surface area contributed by atoms with Gasteiger partial charge in [0.25, 0.3) is 0 Å². The van der Waals surface area contributed by atoms with Gasteiger partial charge in [0.1, 0.15) is 5.75 Å². The van der Waals surface area contributed by atoms with E-state index in [0.717, 1.165) is 22.8 Å². The number of unbranched alkanes of at least 4 members (excludes halogenated alkanes) is 2. The van der Waals surface area contributed by atoms with Crippen LogP contribution in [0.1, 0.15) is 50.7 Å². The van der Waals surface area contributed by atoms with Gasteiger partial charge < -0.3 is 5.11 Å². The zero-order valence-electron chi connectivity index (χ0n) is 11.9. The van der Waals surface area contributed by atoms with Crippen LogP contribution >= 0.6 is 11.8 Å². The molecule has 0 atom stereocenters. The fourth-order valence-electron chi connectivity index (χ4n) is 1.95. The summed E-state index contributed by atoms with van der Waals surface area (Å²) in [5, 5.41) is 9.89. The van der Waals surface area contributed by atoms with Gasteiger partial charge in [-0.05, 0) is 30.6 Å². The van der Waals surface area contributed by atoms with Crippen molar-refractivity contribution in [2.75, 3.05) is 5.75 Å². The molecule has 1 N–H and O–H groups in total. The second-order valence-corrected chi connectivity index (χ2v) is 6.48. The molecule has 0 fully saturated rings. The van der Waals surface area contributed by atoms with Crippen LogP contribution in [0.2, 0.25) is 0 Å². The zero-order valence-corrected chi connectivity index (χ0v) is 12.7. The third-order valence-electron chi connectivity index (χ3n) is 3.15. The molecule has 0 spiro atoms. The van der Waals surface area contributed by atoms with Crippen LogP contribution in [0.3, 0.4) is 0 Å². The van der Waals surface area contributed by atoms with Crippen molar-refractivity contribution in [2.45, 2.75) is 52.2 Å². The largest absolute Gasteiger partial charge is 0.507 e. The van der Waals surface area contributed by atoms with Crippen LogP contribution in [-0.2, 0) is 5.75 Å². The van der Waals surface area contributed by atoms with Gasteiger partial charge in [-0.25, -0.2) is 0 Å². The van der Waals surface area contributed by atoms with E-state index < -0.39 is 0 Å². The molecule has 0 radical (unpaired) electrons. The van der Waals surface area contributed by atoms with Crippen LogP contribution in [-0.4, -0.2) is 10.9 Å². The highest BCUT2D eigenvalue weighted by molar-refractivity contribution is 7.98. The first-order chi connectivity index (χ1) is 8.61. The minimum absolute atomic E-state index is 0.477. The molecule has 0 aromatic heterocycles. The van der Waals surface area contributed by atoms with Crippen molar-refractivity contribution in [3.63, 3.8) is 0 Å². The molecule has 18 heavy (non-hydrogen) atoms. The first-order valence-electron chi connectivity index (χ1n) is 6.96. The van der Waals surface area contributed by atoms with Gasteiger partial charge in [0.2, 0.25) is 0 Å². The van der Waals surface area contributed by atoms with E-state index in [-0.39, 0.29) is 0 Å². The van der Waals surface area contributed by atoms with Crippen LogP contribution < -0.4 is 0 Å². The molecule has 0 amide bonds. The lowest BCUT2D eigenvalue weighted by molar-refractivity contribution is 0.466. The van der Waals surface area contributed by atoms with Crippen molar-refractivity contribution in [3.05, 3.63) is 29.3 Å². The standard InChI is InChI=1S/C16H26OS/c1-13(2)8-5-4-6-11-18-12-15-10-7-9-14(3)16(15)17/h7,9-10,13,17H,4-6,8,11-12H2,1-3H3. The Balaban J connectivity index is 2.13. The van der Waals surface area contributed by atoms with E-state index in [4.69, 9.17) is 0 Å². The molecule has 1 aromatic rings. The van der Waals surface area contributed by atoms with Crippen molar-refractivity contribution in [3.8, 4) is 5.75 Å². The number of hydrogen-bond donors (Lipinski definition) is 1. The third kappa shape index (κ3) is 5.81. The maximum atomic E-state index is 9.89. The molecule has 1 rings (SSSR count). The van der Waals surface area contributed by atoms with E-state index in [9.17, 15) is 5.11 Å². The molecule has 1 aromatic carbocycles. The first kappa shape index (κ1) is 15.4. The van der Waals surface area contributed by atoms with Gasteiger partial charge in [0.05, 0.1) is 0 Å². The maximum Gasteiger partial charge on any atom is 0.122 e. The number of phenolic OH excluding ortho intramolecular Hbond substituents is 1. The minimum atomic E-state index is 0.477. The molecular weight excluding hydrogens is 240 g/mol. The smallest absolute Gasteiger partial charge is 0.122 e. The predicted octanol–water partition coefficient (Wildman–Crippen LogP) is 5.15. The van der Waals surface area contributed by atoms with Crippen LogP contribution in [0.4, 0.5) is 0 Å². The fourth-order valence-corrected chi connectivity index (χ4v) is 2.96. The van der Waals surface area contributed by atoms with Crippen molar-refractivity contribution in [2.24, 2.45) is 5.92 Å². The lowest BCUT2D eigenvalue weighted by Gasteiger charge is -2.07. The normalized spacial score (nSPS) is 11.1. The number of rotatable bonds is 8. The van der Waals surface area contributed by atoms with E-state index >= 15 is 0 Å². The number of thioether (sulfide) groups is 1. The highest BCUT2D eigenvalue weighted by atomic mass is 32.2. The lowest BCUT2D eigenvalue weighted by Crippen LogP contribution is -1.89. The molecule has 0 aliphatic carbocycles. The Labute approximate surface area is 116 Å². The molecule has 0 heterocycles. The van der Waals surface area contributed by atoms with Gasteiger partial charge in [-0.15, -0.1) is 0 Å². The molecule has 2 heteroatoms. The highest BCUT2D eigenvalue weighted by Gasteiger charge is 2.03. The fraction of sp³-hybridized carbons (Fsp3) is 0.625. The van der Waals surface area contributed by atoms with Gasteiger partial charge in [-0.3, -0.25) is 0 Å². The number of benzene rings is 1. The average Bonchev–Trinajstić information content (AvgIpc) is 2.32. The zero-order chi connectivity index (χ0) is 13.4. The minimum Gasteiger partial charge on any atom is -0.507 e. The summed E-state index contributed by atoms with van der Waals surface area (Å²) in [5.74, 6) is 3.44. The Bertz CT molecular complexity index is 347. The van der Waals surface area contributed by atoms with E-state index in [1.54, 1.807) is 0 Å². The number of para-hydroxylation sites is 1. The molecule has 0 bridgehead atoms. The highest BCUT2D eigenvalue weighted by Crippen LogP contribution is 2.26. The topological polar surface area (TPSA) is 20.2 Å². The number of aryl methyl sites for hydroxylation is 1. The van der Waals surface area contributed by atoms with Crippen LogP contribution in [0, 0.1) is 12.8 Å². The molecule has 1 nitrogen and oxygen atoms in total. The molecular formula is C16H26OS. The molecule has 0 unspecified atom stereocenters. The Hall–Kier alpha value is -0.630. The maximum absolute atomic E-state index is 9.89. The summed E-state index contributed by atoms with van der Waals surface area (Å²) >= 11 is 1.93. The number of hydrogen-bond acceptors (Lipinski definition) is 2. The predicted molar refractivity (Wildman–Crippen MR) is 82.3 cm³/mol. The Morgan fingerprint density at radius 3 is 2.67 bits per heavy atom. The van der Waals surface area contributed by atoms with E-state index in [1.807, 2.05) is 36.9 Å². The summed E-state index contributed by atoms with van der Waals surface area (Å²) in [6.45, 7) is 6.53. The van der Waals surface area contributed by atoms with Crippen molar-refractivity contribution < 1.29 is 5.11 Å². The Morgan fingerprint density at radius 2 is 1.94 bits per heavy atom. The Kier molecular flexibility index (Phi) is 7.26. The molecule has 0 aliphatic heterocycles. The van der Waals surface area contributed by atoms with Crippen LogP contribution in [0.15, 0.2) is 18.2 Å². The van der Waals surface area contributed by atoms with E-state index in [1.165, 1.54) is 31.4 Å². The molecule has 102 valence electrons. The van der Waals surface area contributed by atoms with Gasteiger partial charge in [0.15, 0.2) is 0 Å². The second kappa shape index (κ2) is 8.47. The Morgan fingerprint density at radius 1 is 1.17 bits per heavy atom. The summed E-state index contributed by atoms with van der Waals surface area (Å²) in [7, 11) is 0. The summed E-state index contributed by atoms with van der Waals surface area (Å²) in [6, 6.07) is 6.00. The van der Waals surface area contributed by atoms with E-state index in [0.29, 0.717) is 5.75 Å². The summed E-state index contributed by atoms with van der Waals surface area (Å²) < 4.78 is 0. The van der Waals surface area contributed by atoms with Gasteiger partial charge in [0, 0.05) is 11.3 Å². The second-order valence-electron chi connectivity index (χ2n) is 5.38. The monoisotopic (exact) mass is 266 g/mol. The van der Waals surface area contributed by atoms with Crippen molar-refractivity contribution in [1.29, 1.82) is 0 Å². The van der Waals surface area contributed by atoms with Crippen LogP contribution in [0.25, 0.3) is 0 Å². The number of phenols is 1. The summed E-state index contributed by atoms with van der Waals surface area (Å²) in [5.41, 5.74) is 2.05. The van der Waals surface area contributed by atoms with Crippen molar-refractivity contribution >= 4 is 11.8 Å². The summed E-state index contributed by atoms with van der Waals surface area (Å²) in [6.07, 6.45) is 5.34.